The van der Waals surface area contributed by atoms with Crippen molar-refractivity contribution in [2.24, 2.45) is 5.92 Å². The average Bonchev–Trinajstić information content (AvgIpc) is 3.33. The van der Waals surface area contributed by atoms with Crippen molar-refractivity contribution in [3.63, 3.8) is 0 Å². The van der Waals surface area contributed by atoms with E-state index in [0.717, 1.165) is 51.9 Å². The lowest BCUT2D eigenvalue weighted by Gasteiger charge is -2.39. The van der Waals surface area contributed by atoms with Gasteiger partial charge in [0.05, 0.1) is 6.04 Å². The third-order valence-electron chi connectivity index (χ3n) is 4.91. The number of nitrogens with one attached hydrogen (secondary N) is 1. The second-order valence-electron chi connectivity index (χ2n) is 6.65. The summed E-state index contributed by atoms with van der Waals surface area (Å²) in [5.41, 5.74) is 0. The van der Waals surface area contributed by atoms with Crippen LogP contribution in [0, 0.1) is 5.92 Å². The van der Waals surface area contributed by atoms with Crippen LogP contribution in [0.15, 0.2) is 0 Å². The van der Waals surface area contributed by atoms with E-state index in [-0.39, 0.29) is 18.0 Å². The van der Waals surface area contributed by atoms with E-state index in [1.807, 2.05) is 6.92 Å². The van der Waals surface area contributed by atoms with E-state index >= 15 is 0 Å². The summed E-state index contributed by atoms with van der Waals surface area (Å²) in [6.45, 7) is 4.98. The maximum Gasteiger partial charge on any atom is 0.321 e. The summed E-state index contributed by atoms with van der Waals surface area (Å²) in [7, 11) is 0. The molecule has 0 aromatic rings. The lowest BCUT2D eigenvalue weighted by atomic mass is 10.1. The van der Waals surface area contributed by atoms with Gasteiger partial charge in [0.15, 0.2) is 0 Å². The van der Waals surface area contributed by atoms with Crippen LogP contribution in [0.3, 0.4) is 0 Å². The van der Waals surface area contributed by atoms with Crippen LogP contribution in [0.1, 0.15) is 32.6 Å². The molecule has 118 valence electrons. The highest BCUT2D eigenvalue weighted by Gasteiger charge is 2.41. The Kier molecular flexibility index (Phi) is 4.17. The molecule has 1 amide bonds. The largest absolute Gasteiger partial charge is 0.480 e. The van der Waals surface area contributed by atoms with Crippen LogP contribution in [-0.2, 0) is 9.59 Å². The molecule has 0 spiro atoms. The van der Waals surface area contributed by atoms with Crippen molar-refractivity contribution in [3.8, 4) is 0 Å². The number of amides is 1. The fourth-order valence-corrected chi connectivity index (χ4v) is 3.19. The molecule has 21 heavy (non-hydrogen) atoms. The van der Waals surface area contributed by atoms with Crippen molar-refractivity contribution in [1.29, 1.82) is 0 Å². The van der Waals surface area contributed by atoms with Crippen molar-refractivity contribution >= 4 is 11.9 Å². The van der Waals surface area contributed by atoms with Gasteiger partial charge in [0.2, 0.25) is 5.91 Å². The Hall–Kier alpha value is -1.14. The van der Waals surface area contributed by atoms with Crippen LogP contribution < -0.4 is 5.32 Å². The summed E-state index contributed by atoms with van der Waals surface area (Å²) in [6.07, 6.45) is 4.29. The molecule has 3 rings (SSSR count). The van der Waals surface area contributed by atoms with Gasteiger partial charge in [-0.15, -0.1) is 0 Å². The maximum atomic E-state index is 12.1. The van der Waals surface area contributed by atoms with Crippen molar-refractivity contribution in [1.82, 2.24) is 15.1 Å². The fraction of sp³-hybridized carbons (Fsp3) is 0.867. The Morgan fingerprint density at radius 2 is 1.62 bits per heavy atom. The van der Waals surface area contributed by atoms with E-state index in [2.05, 4.69) is 15.1 Å². The van der Waals surface area contributed by atoms with Crippen LogP contribution in [-0.4, -0.2) is 71.1 Å². The second kappa shape index (κ2) is 5.93. The molecule has 2 aliphatic carbocycles. The lowest BCUT2D eigenvalue weighted by molar-refractivity contribution is -0.145. The first-order valence-electron chi connectivity index (χ1n) is 8.07. The van der Waals surface area contributed by atoms with Crippen LogP contribution in [0.2, 0.25) is 0 Å². The third-order valence-corrected chi connectivity index (χ3v) is 4.91. The van der Waals surface area contributed by atoms with E-state index in [1.165, 1.54) is 0 Å². The smallest absolute Gasteiger partial charge is 0.321 e. The van der Waals surface area contributed by atoms with E-state index in [0.29, 0.717) is 12.0 Å². The molecule has 6 heteroatoms. The first-order valence-corrected chi connectivity index (χ1v) is 8.07. The monoisotopic (exact) mass is 295 g/mol. The fourth-order valence-electron chi connectivity index (χ4n) is 3.19. The molecule has 0 radical (unpaired) electrons. The summed E-state index contributed by atoms with van der Waals surface area (Å²) < 4.78 is 0. The second-order valence-corrected chi connectivity index (χ2v) is 6.65. The Balaban J connectivity index is 1.49. The Morgan fingerprint density at radius 1 is 1.05 bits per heavy atom. The number of rotatable bonds is 6. The lowest BCUT2D eigenvalue weighted by Crippen LogP contribution is -2.57. The van der Waals surface area contributed by atoms with Gasteiger partial charge < -0.3 is 10.4 Å². The molecule has 1 aliphatic heterocycles. The number of carboxylic acid groups (broad SMARTS) is 1. The highest BCUT2D eigenvalue weighted by Crippen LogP contribution is 2.36. The number of hydrogen-bond acceptors (Lipinski definition) is 4. The molecule has 1 saturated heterocycles. The number of carboxylic acids is 1. The number of piperazine rings is 1. The topological polar surface area (TPSA) is 72.9 Å². The van der Waals surface area contributed by atoms with Crippen molar-refractivity contribution in [2.75, 3.05) is 26.2 Å². The van der Waals surface area contributed by atoms with E-state index in [9.17, 15) is 14.7 Å². The van der Waals surface area contributed by atoms with E-state index in [4.69, 9.17) is 0 Å². The minimum atomic E-state index is -0.689. The molecule has 6 nitrogen and oxygen atoms in total. The molecule has 0 bridgehead atoms. The zero-order valence-corrected chi connectivity index (χ0v) is 12.6. The van der Waals surface area contributed by atoms with Gasteiger partial charge in [0.25, 0.3) is 0 Å². The van der Waals surface area contributed by atoms with Crippen molar-refractivity contribution in [2.45, 2.75) is 50.7 Å². The number of hydrogen-bond donors (Lipinski definition) is 2. The molecule has 2 N–H and O–H groups in total. The summed E-state index contributed by atoms with van der Waals surface area (Å²) in [6, 6.07) is -0.0350. The molecular weight excluding hydrogens is 270 g/mol. The number of carbonyl (C=O) groups is 2. The standard InChI is InChI=1S/C15H25N3O3/c1-10(14(19)16-12-4-5-12)17-6-8-18(9-7-17)13(15(20)21)11-2-3-11/h10-13H,2-9H2,1H3,(H,16,19)(H,20,21). The Labute approximate surface area is 125 Å². The normalized spacial score (nSPS) is 27.1. The summed E-state index contributed by atoms with van der Waals surface area (Å²) in [5, 5.41) is 12.4. The maximum absolute atomic E-state index is 12.1. The molecule has 1 heterocycles. The van der Waals surface area contributed by atoms with Gasteiger partial charge in [-0.3, -0.25) is 19.4 Å². The van der Waals surface area contributed by atoms with Crippen molar-refractivity contribution in [3.05, 3.63) is 0 Å². The predicted octanol–water partition coefficient (Wildman–Crippen LogP) is 0.134. The molecule has 3 fully saturated rings. The van der Waals surface area contributed by atoms with Gasteiger partial charge in [-0.1, -0.05) is 0 Å². The quantitative estimate of drug-likeness (QED) is 0.729. The van der Waals surface area contributed by atoms with E-state index < -0.39 is 5.97 Å². The first kappa shape index (κ1) is 14.8. The molecule has 3 aliphatic rings. The van der Waals surface area contributed by atoms with Gasteiger partial charge in [-0.25, -0.2) is 0 Å². The average molecular weight is 295 g/mol. The summed E-state index contributed by atoms with van der Waals surface area (Å²) in [4.78, 5) is 27.7. The van der Waals surface area contributed by atoms with Gasteiger partial charge in [0.1, 0.15) is 6.04 Å². The van der Waals surface area contributed by atoms with E-state index in [1.54, 1.807) is 0 Å². The van der Waals surface area contributed by atoms with Crippen LogP contribution in [0.5, 0.6) is 0 Å². The van der Waals surface area contributed by atoms with Gasteiger partial charge >= 0.3 is 5.97 Å². The van der Waals surface area contributed by atoms with Crippen LogP contribution in [0.25, 0.3) is 0 Å². The number of carbonyl (C=O) groups excluding carboxylic acids is 1. The summed E-state index contributed by atoms with van der Waals surface area (Å²) in [5.74, 6) is -0.238. The third kappa shape index (κ3) is 3.55. The molecular formula is C15H25N3O3. The molecule has 2 unspecified atom stereocenters. The molecule has 0 aromatic heterocycles. The minimum Gasteiger partial charge on any atom is -0.480 e. The van der Waals surface area contributed by atoms with Crippen LogP contribution >= 0.6 is 0 Å². The highest BCUT2D eigenvalue weighted by atomic mass is 16.4. The SMILES string of the molecule is CC(C(=O)NC1CC1)N1CCN(C(C(=O)O)C2CC2)CC1. The van der Waals surface area contributed by atoms with Gasteiger partial charge in [0, 0.05) is 32.2 Å². The summed E-state index contributed by atoms with van der Waals surface area (Å²) >= 11 is 0. The highest BCUT2D eigenvalue weighted by molar-refractivity contribution is 5.81. The minimum absolute atomic E-state index is 0.114. The predicted molar refractivity (Wildman–Crippen MR) is 77.9 cm³/mol. The Morgan fingerprint density at radius 3 is 2.10 bits per heavy atom. The van der Waals surface area contributed by atoms with Crippen molar-refractivity contribution < 1.29 is 14.7 Å². The number of aliphatic carboxylic acids is 1. The molecule has 2 saturated carbocycles. The van der Waals surface area contributed by atoms with Gasteiger partial charge in [-0.2, -0.15) is 0 Å². The molecule has 2 atom stereocenters. The van der Waals surface area contributed by atoms with Crippen LogP contribution in [0.4, 0.5) is 0 Å². The first-order chi connectivity index (χ1) is 10.1. The zero-order chi connectivity index (χ0) is 15.0. The Bertz CT molecular complexity index is 412. The van der Waals surface area contributed by atoms with Gasteiger partial charge in [-0.05, 0) is 38.5 Å². The molecule has 0 aromatic carbocycles. The zero-order valence-electron chi connectivity index (χ0n) is 12.6. The number of nitrogens with zero attached hydrogens (tertiary/aromatic N) is 2.